The molecule has 0 fully saturated rings. The van der Waals surface area contributed by atoms with Gasteiger partial charge in [-0.25, -0.2) is 0 Å². The smallest absolute Gasteiger partial charge is 0.465 e. The van der Waals surface area contributed by atoms with Gasteiger partial charge >= 0.3 is 41.5 Å². The van der Waals surface area contributed by atoms with Crippen LogP contribution in [0.15, 0.2) is 0 Å². The summed E-state index contributed by atoms with van der Waals surface area (Å²) in [5.74, 6) is -2.96. The van der Waals surface area contributed by atoms with E-state index in [1.807, 2.05) is 20.8 Å². The minimum atomic E-state index is -5.08. The van der Waals surface area contributed by atoms with Gasteiger partial charge in [-0.1, -0.05) is 145 Å². The molecule has 0 heterocycles. The average molecular weight is 670 g/mol. The van der Waals surface area contributed by atoms with Crippen molar-refractivity contribution in [2.24, 2.45) is 29.6 Å². The summed E-state index contributed by atoms with van der Waals surface area (Å²) in [5, 5.41) is 0. The van der Waals surface area contributed by atoms with E-state index in [2.05, 4.69) is 34.6 Å². The Balaban J connectivity index is 0. The summed E-state index contributed by atoms with van der Waals surface area (Å²) in [6, 6.07) is 0. The summed E-state index contributed by atoms with van der Waals surface area (Å²) in [7, 11) is -5.08. The van der Waals surface area contributed by atoms with Gasteiger partial charge in [0.15, 0.2) is 0 Å². The van der Waals surface area contributed by atoms with Gasteiger partial charge in [0, 0.05) is 0 Å². The summed E-state index contributed by atoms with van der Waals surface area (Å²) < 4.78 is 47.9. The Kier molecular flexibility index (Phi) is 27.9. The van der Waals surface area contributed by atoms with Gasteiger partial charge in [-0.05, 0) is 49.4 Å². The summed E-state index contributed by atoms with van der Waals surface area (Å²) in [5.41, 5.74) is 0. The maximum atomic E-state index is 14.3. The van der Waals surface area contributed by atoms with Crippen LogP contribution in [-0.4, -0.2) is 42.9 Å². The third-order valence-electron chi connectivity index (χ3n) is 9.90. The van der Waals surface area contributed by atoms with Crippen LogP contribution < -0.4 is 29.6 Å². The Morgan fingerprint density at radius 2 is 1.00 bits per heavy atom. The van der Waals surface area contributed by atoms with Gasteiger partial charge in [0.1, 0.15) is 0 Å². The van der Waals surface area contributed by atoms with Crippen LogP contribution >= 0.6 is 0 Å². The van der Waals surface area contributed by atoms with Crippen LogP contribution in [0.5, 0.6) is 0 Å². The van der Waals surface area contributed by atoms with E-state index in [1.54, 1.807) is 0 Å². The number of carbonyl (C=O) groups excluding carboxylic acids is 2. The predicted molar refractivity (Wildman–Crippen MR) is 182 cm³/mol. The molecule has 0 aromatic carbocycles. The van der Waals surface area contributed by atoms with Crippen LogP contribution in [0.3, 0.4) is 0 Å². The number of ether oxygens (including phenoxy) is 2. The van der Waals surface area contributed by atoms with Crippen molar-refractivity contribution in [1.82, 2.24) is 0 Å². The Morgan fingerprint density at radius 3 is 1.38 bits per heavy atom. The first-order valence-corrected chi connectivity index (χ1v) is 19.7. The van der Waals surface area contributed by atoms with Crippen molar-refractivity contribution in [2.45, 2.75) is 176 Å². The van der Waals surface area contributed by atoms with Crippen molar-refractivity contribution in [3.05, 3.63) is 0 Å². The number of carbonyl (C=O) groups is 2. The van der Waals surface area contributed by atoms with Crippen LogP contribution in [0.4, 0.5) is 0 Å². The molecule has 0 saturated carbocycles. The van der Waals surface area contributed by atoms with E-state index >= 15 is 0 Å². The van der Waals surface area contributed by atoms with Gasteiger partial charge < -0.3 is 9.47 Å². The monoisotopic (exact) mass is 669 g/mol. The van der Waals surface area contributed by atoms with Crippen molar-refractivity contribution >= 4 is 22.1 Å². The third kappa shape index (κ3) is 16.7. The second kappa shape index (κ2) is 26.8. The Morgan fingerprint density at radius 1 is 0.622 bits per heavy atom. The van der Waals surface area contributed by atoms with Gasteiger partial charge in [0.2, 0.25) is 4.75 Å². The molecule has 0 aliphatic heterocycles. The second-order valence-corrected chi connectivity index (χ2v) is 14.9. The first-order valence-electron chi connectivity index (χ1n) is 18.3. The summed E-state index contributed by atoms with van der Waals surface area (Å²) in [4.78, 5) is 28.5. The van der Waals surface area contributed by atoms with E-state index in [0.717, 1.165) is 89.9 Å². The van der Waals surface area contributed by atoms with E-state index in [1.165, 1.54) is 0 Å². The van der Waals surface area contributed by atoms with Crippen molar-refractivity contribution in [1.29, 1.82) is 0 Å². The van der Waals surface area contributed by atoms with E-state index in [0.29, 0.717) is 12.8 Å². The number of hydrogen-bond donors (Lipinski definition) is 1. The zero-order chi connectivity index (χ0) is 33.6. The molecule has 0 saturated heterocycles. The number of rotatable bonds is 28. The number of hydrogen-bond acceptors (Lipinski definition) is 6. The Bertz CT molecular complexity index is 865. The van der Waals surface area contributed by atoms with E-state index in [-0.39, 0.29) is 79.3 Å². The molecule has 262 valence electrons. The summed E-state index contributed by atoms with van der Waals surface area (Å²) >= 11 is 0. The normalized spacial score (nSPS) is 16.5. The van der Waals surface area contributed by atoms with Crippen LogP contribution in [0.25, 0.3) is 0 Å². The van der Waals surface area contributed by atoms with Gasteiger partial charge in [-0.2, -0.15) is 8.42 Å². The van der Waals surface area contributed by atoms with Crippen molar-refractivity contribution in [3.8, 4) is 0 Å². The molecule has 0 rings (SSSR count). The predicted octanol–water partition coefficient (Wildman–Crippen LogP) is 6.97. The maximum absolute atomic E-state index is 14.3. The largest absolute Gasteiger partial charge is 1.00 e. The SMILES string of the molecule is CCCCC(CC)COC(=O)C(CC(CC)CCCC)C(CC(CC)CCCC)(C(=O)OCC(CC)CCCC)S(=O)(=O)O.[Na+]. The topological polar surface area (TPSA) is 107 Å². The molecule has 0 aromatic heterocycles. The quantitative estimate of drug-likeness (QED) is 0.0545. The minimum absolute atomic E-state index is 0. The average Bonchev–Trinajstić information content (AvgIpc) is 3.01. The molecule has 0 spiro atoms. The number of unbranched alkanes of at least 4 members (excludes halogenated alkanes) is 4. The van der Waals surface area contributed by atoms with Gasteiger partial charge in [0.05, 0.1) is 19.1 Å². The molecular weight excluding hydrogens is 599 g/mol. The first-order chi connectivity index (χ1) is 20.9. The molecule has 0 bridgehead atoms. The van der Waals surface area contributed by atoms with Gasteiger partial charge in [-0.15, -0.1) is 0 Å². The summed E-state index contributed by atoms with van der Waals surface area (Å²) in [6.45, 7) is 16.7. The van der Waals surface area contributed by atoms with Crippen LogP contribution in [0.2, 0.25) is 0 Å². The van der Waals surface area contributed by atoms with Crippen molar-refractivity contribution in [2.75, 3.05) is 13.2 Å². The van der Waals surface area contributed by atoms with E-state index < -0.39 is 32.7 Å². The zero-order valence-corrected chi connectivity index (χ0v) is 33.7. The maximum Gasteiger partial charge on any atom is 1.00 e. The molecule has 7 nitrogen and oxygen atoms in total. The molecule has 0 aliphatic carbocycles. The van der Waals surface area contributed by atoms with Gasteiger partial charge in [-0.3, -0.25) is 14.1 Å². The van der Waals surface area contributed by atoms with Crippen molar-refractivity contribution < 1.29 is 61.6 Å². The Labute approximate surface area is 300 Å². The fraction of sp³-hybridized carbons (Fsp3) is 0.944. The Hall–Kier alpha value is -0.150. The van der Waals surface area contributed by atoms with E-state index in [4.69, 9.17) is 9.47 Å². The second-order valence-electron chi connectivity index (χ2n) is 13.3. The standard InChI is InChI=1S/C36H70O7S.Na/c1-9-17-21-29(13-5)25-33(34(37)42-27-31(15-7)23-19-11-3)36(44(39,40)41,26-30(14-6)22-18-10-2)35(38)43-28-32(16-8)24-20-12-4;/h29-33H,9-28H2,1-8H3,(H,39,40,41);/q;+1. The van der Waals surface area contributed by atoms with Crippen LogP contribution in [0.1, 0.15) is 171 Å². The van der Waals surface area contributed by atoms with Crippen LogP contribution in [0, 0.1) is 29.6 Å². The van der Waals surface area contributed by atoms with Gasteiger partial charge in [0.25, 0.3) is 10.1 Å². The molecule has 0 radical (unpaired) electrons. The summed E-state index contributed by atoms with van der Waals surface area (Å²) in [6.07, 6.45) is 14.0. The fourth-order valence-electron chi connectivity index (χ4n) is 6.33. The molecule has 1 N–H and O–H groups in total. The molecule has 0 aliphatic rings. The molecule has 6 atom stereocenters. The van der Waals surface area contributed by atoms with Crippen LogP contribution in [-0.2, 0) is 29.2 Å². The van der Waals surface area contributed by atoms with Crippen molar-refractivity contribution in [3.63, 3.8) is 0 Å². The molecule has 0 amide bonds. The third-order valence-corrected chi connectivity index (χ3v) is 11.4. The zero-order valence-electron chi connectivity index (χ0n) is 30.8. The number of esters is 2. The first kappa shape index (κ1) is 47.0. The molecule has 9 heteroatoms. The molecule has 6 unspecified atom stereocenters. The van der Waals surface area contributed by atoms with E-state index in [9.17, 15) is 22.6 Å². The molecular formula is C36H70NaO7S+. The molecule has 0 aromatic rings. The molecule has 45 heavy (non-hydrogen) atoms. The minimum Gasteiger partial charge on any atom is -0.465 e. The fourth-order valence-corrected chi connectivity index (χ4v) is 7.60.